The van der Waals surface area contributed by atoms with Crippen molar-refractivity contribution in [2.24, 2.45) is 5.92 Å². The van der Waals surface area contributed by atoms with Crippen LogP contribution in [0.25, 0.3) is 0 Å². The summed E-state index contributed by atoms with van der Waals surface area (Å²) in [5.41, 5.74) is 0.574. The Bertz CT molecular complexity index is 377. The Kier molecular flexibility index (Phi) is 4.68. The monoisotopic (exact) mass is 239 g/mol. The van der Waals surface area contributed by atoms with Gasteiger partial charge in [-0.1, -0.05) is 13.8 Å². The van der Waals surface area contributed by atoms with Crippen LogP contribution in [-0.4, -0.2) is 19.6 Å². The highest BCUT2D eigenvalue weighted by atomic mass is 32.1. The number of methoxy groups -OCH3 is 1. The SMILES string of the molecule is COc1ccc(C(=O)NCC(C)C)c(S)c1. The number of hydrogen-bond donors (Lipinski definition) is 2. The lowest BCUT2D eigenvalue weighted by Gasteiger charge is -2.10. The fourth-order valence-corrected chi connectivity index (χ4v) is 1.53. The summed E-state index contributed by atoms with van der Waals surface area (Å²) in [7, 11) is 1.58. The lowest BCUT2D eigenvalue weighted by molar-refractivity contribution is 0.0946. The second-order valence-corrected chi connectivity index (χ2v) is 4.47. The van der Waals surface area contributed by atoms with Crippen LogP contribution in [0.5, 0.6) is 5.75 Å². The van der Waals surface area contributed by atoms with Crippen molar-refractivity contribution in [1.29, 1.82) is 0 Å². The summed E-state index contributed by atoms with van der Waals surface area (Å²) in [6.07, 6.45) is 0. The number of nitrogens with one attached hydrogen (secondary N) is 1. The van der Waals surface area contributed by atoms with E-state index in [9.17, 15) is 4.79 Å². The fraction of sp³-hybridized carbons (Fsp3) is 0.417. The predicted octanol–water partition coefficient (Wildman–Crippen LogP) is 2.37. The topological polar surface area (TPSA) is 38.3 Å². The number of thiol groups is 1. The van der Waals surface area contributed by atoms with Crippen LogP contribution in [0.15, 0.2) is 23.1 Å². The molecule has 0 aliphatic carbocycles. The van der Waals surface area contributed by atoms with Crippen LogP contribution in [0.4, 0.5) is 0 Å². The van der Waals surface area contributed by atoms with Gasteiger partial charge in [-0.05, 0) is 24.1 Å². The molecule has 0 saturated heterocycles. The summed E-state index contributed by atoms with van der Waals surface area (Å²) in [5, 5.41) is 2.85. The molecule has 0 unspecified atom stereocenters. The summed E-state index contributed by atoms with van der Waals surface area (Å²) in [5.74, 6) is 1.04. The minimum absolute atomic E-state index is 0.0960. The normalized spacial score (nSPS) is 10.3. The van der Waals surface area contributed by atoms with Gasteiger partial charge in [-0.15, -0.1) is 12.6 Å². The van der Waals surface area contributed by atoms with Crippen LogP contribution < -0.4 is 10.1 Å². The summed E-state index contributed by atoms with van der Waals surface area (Å²) >= 11 is 4.26. The molecule has 0 saturated carbocycles. The number of carbonyl (C=O) groups excluding carboxylic acids is 1. The molecule has 0 aromatic heterocycles. The predicted molar refractivity (Wildman–Crippen MR) is 67.4 cm³/mol. The zero-order chi connectivity index (χ0) is 12.1. The van der Waals surface area contributed by atoms with Gasteiger partial charge in [-0.2, -0.15) is 0 Å². The highest BCUT2D eigenvalue weighted by Crippen LogP contribution is 2.20. The van der Waals surface area contributed by atoms with Crippen LogP contribution in [0, 0.1) is 5.92 Å². The quantitative estimate of drug-likeness (QED) is 0.792. The first-order valence-corrected chi connectivity index (χ1v) is 5.64. The Hall–Kier alpha value is -1.16. The van der Waals surface area contributed by atoms with Crippen LogP contribution in [0.3, 0.4) is 0 Å². The lowest BCUT2D eigenvalue weighted by Crippen LogP contribution is -2.27. The Balaban J connectivity index is 2.76. The van der Waals surface area contributed by atoms with Crippen LogP contribution >= 0.6 is 12.6 Å². The molecule has 0 bridgehead atoms. The molecule has 0 spiro atoms. The highest BCUT2D eigenvalue weighted by Gasteiger charge is 2.10. The van der Waals surface area contributed by atoms with E-state index < -0.39 is 0 Å². The number of rotatable bonds is 4. The Morgan fingerprint density at radius 2 is 2.19 bits per heavy atom. The molecular weight excluding hydrogens is 222 g/mol. The van der Waals surface area contributed by atoms with E-state index in [4.69, 9.17) is 4.74 Å². The molecule has 1 aromatic rings. The zero-order valence-electron chi connectivity index (χ0n) is 9.78. The van der Waals surface area contributed by atoms with Crippen LogP contribution in [-0.2, 0) is 0 Å². The number of amides is 1. The fourth-order valence-electron chi connectivity index (χ4n) is 1.22. The maximum Gasteiger partial charge on any atom is 0.252 e. The van der Waals surface area contributed by atoms with E-state index in [1.165, 1.54) is 0 Å². The number of benzene rings is 1. The molecule has 0 aliphatic heterocycles. The van der Waals surface area contributed by atoms with Crippen molar-refractivity contribution in [2.45, 2.75) is 18.7 Å². The zero-order valence-corrected chi connectivity index (χ0v) is 10.7. The lowest BCUT2D eigenvalue weighted by atomic mass is 10.2. The maximum atomic E-state index is 11.8. The van der Waals surface area contributed by atoms with Crippen molar-refractivity contribution in [3.8, 4) is 5.75 Å². The van der Waals surface area contributed by atoms with E-state index in [0.29, 0.717) is 28.7 Å². The maximum absolute atomic E-state index is 11.8. The van der Waals surface area contributed by atoms with Crippen molar-refractivity contribution in [1.82, 2.24) is 5.32 Å². The first-order valence-electron chi connectivity index (χ1n) is 5.19. The van der Waals surface area contributed by atoms with E-state index in [2.05, 4.69) is 31.8 Å². The van der Waals surface area contributed by atoms with Crippen molar-refractivity contribution >= 4 is 18.5 Å². The molecule has 1 rings (SSSR count). The van der Waals surface area contributed by atoms with Gasteiger partial charge in [0.15, 0.2) is 0 Å². The Morgan fingerprint density at radius 3 is 2.69 bits per heavy atom. The van der Waals surface area contributed by atoms with E-state index in [0.717, 1.165) is 0 Å². The molecule has 0 fully saturated rings. The molecule has 0 heterocycles. The summed E-state index contributed by atoms with van der Waals surface area (Å²) in [6.45, 7) is 4.77. The Labute approximate surface area is 102 Å². The third-order valence-corrected chi connectivity index (χ3v) is 2.49. The van der Waals surface area contributed by atoms with Crippen molar-refractivity contribution in [3.63, 3.8) is 0 Å². The van der Waals surface area contributed by atoms with Crippen LogP contribution in [0.2, 0.25) is 0 Å². The average molecular weight is 239 g/mol. The minimum atomic E-state index is -0.0960. The first kappa shape index (κ1) is 12.9. The second-order valence-electron chi connectivity index (χ2n) is 3.99. The van der Waals surface area contributed by atoms with Crippen LogP contribution in [0.1, 0.15) is 24.2 Å². The third kappa shape index (κ3) is 3.45. The standard InChI is InChI=1S/C12H17NO2S/c1-8(2)7-13-12(14)10-5-4-9(15-3)6-11(10)16/h4-6,8,16H,7H2,1-3H3,(H,13,14). The number of hydrogen-bond acceptors (Lipinski definition) is 3. The molecule has 0 aliphatic rings. The molecule has 4 heteroatoms. The molecule has 16 heavy (non-hydrogen) atoms. The van der Waals surface area contributed by atoms with Gasteiger partial charge in [0.2, 0.25) is 0 Å². The van der Waals surface area contributed by atoms with Gasteiger partial charge in [0.25, 0.3) is 5.91 Å². The molecule has 1 N–H and O–H groups in total. The molecule has 1 aromatic carbocycles. The third-order valence-electron chi connectivity index (χ3n) is 2.12. The van der Waals surface area contributed by atoms with Gasteiger partial charge >= 0.3 is 0 Å². The van der Waals surface area contributed by atoms with E-state index in [-0.39, 0.29) is 5.91 Å². The summed E-state index contributed by atoms with van der Waals surface area (Å²) < 4.78 is 5.05. The minimum Gasteiger partial charge on any atom is -0.497 e. The molecule has 3 nitrogen and oxygen atoms in total. The van der Waals surface area contributed by atoms with E-state index in [1.54, 1.807) is 25.3 Å². The van der Waals surface area contributed by atoms with E-state index in [1.807, 2.05) is 0 Å². The molecule has 0 atom stereocenters. The van der Waals surface area contributed by atoms with Gasteiger partial charge in [-0.25, -0.2) is 0 Å². The van der Waals surface area contributed by atoms with Crippen molar-refractivity contribution < 1.29 is 9.53 Å². The van der Waals surface area contributed by atoms with Gasteiger partial charge in [0.05, 0.1) is 12.7 Å². The molecule has 88 valence electrons. The first-order chi connectivity index (χ1) is 7.54. The van der Waals surface area contributed by atoms with Gasteiger partial charge < -0.3 is 10.1 Å². The summed E-state index contributed by atoms with van der Waals surface area (Å²) in [6, 6.07) is 5.20. The summed E-state index contributed by atoms with van der Waals surface area (Å²) in [4.78, 5) is 12.4. The smallest absolute Gasteiger partial charge is 0.252 e. The van der Waals surface area contributed by atoms with Gasteiger partial charge in [-0.3, -0.25) is 4.79 Å². The largest absolute Gasteiger partial charge is 0.497 e. The van der Waals surface area contributed by atoms with E-state index >= 15 is 0 Å². The van der Waals surface area contributed by atoms with Crippen molar-refractivity contribution in [3.05, 3.63) is 23.8 Å². The molecular formula is C12H17NO2S. The molecule has 1 amide bonds. The number of carbonyl (C=O) groups is 1. The second kappa shape index (κ2) is 5.80. The molecule has 0 radical (unpaired) electrons. The van der Waals surface area contributed by atoms with Crippen molar-refractivity contribution in [2.75, 3.05) is 13.7 Å². The number of ether oxygens (including phenoxy) is 1. The van der Waals surface area contributed by atoms with Gasteiger partial charge in [0.1, 0.15) is 5.75 Å². The Morgan fingerprint density at radius 1 is 1.50 bits per heavy atom. The highest BCUT2D eigenvalue weighted by molar-refractivity contribution is 7.80. The van der Waals surface area contributed by atoms with Gasteiger partial charge in [0, 0.05) is 11.4 Å². The average Bonchev–Trinajstić information content (AvgIpc) is 2.25.